The van der Waals surface area contributed by atoms with E-state index in [9.17, 15) is 9.59 Å². The second kappa shape index (κ2) is 10.2. The molecule has 0 aliphatic carbocycles. The van der Waals surface area contributed by atoms with E-state index >= 15 is 0 Å². The number of hydrogen-bond acceptors (Lipinski definition) is 6. The molecule has 4 heterocycles. The number of thiazole rings is 1. The zero-order valence-electron chi connectivity index (χ0n) is 20.1. The van der Waals surface area contributed by atoms with Crippen molar-refractivity contribution in [2.45, 2.75) is 13.0 Å². The minimum Gasteiger partial charge on any atom is -0.457 e. The van der Waals surface area contributed by atoms with Gasteiger partial charge in [0.15, 0.2) is 4.80 Å². The van der Waals surface area contributed by atoms with E-state index in [1.54, 1.807) is 10.6 Å². The van der Waals surface area contributed by atoms with E-state index in [-0.39, 0.29) is 11.5 Å². The summed E-state index contributed by atoms with van der Waals surface area (Å²) in [6, 6.07) is 24.1. The van der Waals surface area contributed by atoms with E-state index in [0.29, 0.717) is 37.8 Å². The molecule has 1 amide bonds. The highest BCUT2D eigenvalue weighted by molar-refractivity contribution is 9.10. The van der Waals surface area contributed by atoms with Gasteiger partial charge >= 0.3 is 0 Å². The van der Waals surface area contributed by atoms with Crippen LogP contribution < -0.4 is 20.2 Å². The molecule has 0 spiro atoms. The van der Waals surface area contributed by atoms with Crippen molar-refractivity contribution in [3.05, 3.63) is 130 Å². The lowest BCUT2D eigenvalue weighted by Gasteiger charge is -2.24. The van der Waals surface area contributed by atoms with Gasteiger partial charge in [0, 0.05) is 26.7 Å². The number of para-hydroxylation sites is 1. The van der Waals surface area contributed by atoms with Crippen LogP contribution >= 0.6 is 38.6 Å². The fourth-order valence-electron chi connectivity index (χ4n) is 4.38. The molecule has 0 saturated heterocycles. The Morgan fingerprint density at radius 1 is 1.05 bits per heavy atom. The first-order chi connectivity index (χ1) is 18.5. The minimum absolute atomic E-state index is 0.216. The average molecular weight is 603 g/mol. The molecule has 6 rings (SSSR count). The second-order valence-electron chi connectivity index (χ2n) is 8.63. The van der Waals surface area contributed by atoms with Crippen LogP contribution in [0, 0.1) is 0 Å². The van der Waals surface area contributed by atoms with Gasteiger partial charge < -0.3 is 9.73 Å². The van der Waals surface area contributed by atoms with Crippen molar-refractivity contribution in [3.8, 4) is 11.3 Å². The minimum atomic E-state index is -0.577. The molecule has 2 aromatic carbocycles. The summed E-state index contributed by atoms with van der Waals surface area (Å²) < 4.78 is 9.12. The number of nitrogens with zero attached hydrogens (tertiary/aromatic N) is 2. The first-order valence-corrected chi connectivity index (χ1v) is 14.2. The summed E-state index contributed by atoms with van der Waals surface area (Å²) in [6.45, 7) is 1.81. The highest BCUT2D eigenvalue weighted by atomic mass is 79.9. The van der Waals surface area contributed by atoms with E-state index in [1.807, 2.05) is 91.2 Å². The number of anilines is 1. The van der Waals surface area contributed by atoms with Crippen LogP contribution in [0.1, 0.15) is 23.6 Å². The molecule has 1 atom stereocenters. The molecule has 5 aromatic rings. The number of thiophene rings is 1. The monoisotopic (exact) mass is 601 g/mol. The van der Waals surface area contributed by atoms with Gasteiger partial charge in [-0.3, -0.25) is 14.2 Å². The second-order valence-corrected chi connectivity index (χ2v) is 11.5. The Labute approximate surface area is 234 Å². The number of halogens is 1. The van der Waals surface area contributed by atoms with Crippen LogP contribution in [0.4, 0.5) is 5.69 Å². The van der Waals surface area contributed by atoms with E-state index in [0.717, 1.165) is 14.9 Å². The number of furan rings is 1. The molecule has 3 aromatic heterocycles. The normalized spacial score (nSPS) is 15.3. The van der Waals surface area contributed by atoms with Gasteiger partial charge in [-0.25, -0.2) is 4.99 Å². The third kappa shape index (κ3) is 4.64. The standard InChI is InChI=1S/C29H20BrN3O3S2/c1-17-25(27(34)32-20-6-3-2-4-7-20)26(23-8-5-15-37-23)33-28(35)24(38-29(33)31-17)16-21-13-14-22(36-21)18-9-11-19(30)12-10-18/h2-16,26H,1H3,(H,32,34)/b24-16+/t26-/m1/s1. The van der Waals surface area contributed by atoms with Gasteiger partial charge in [0.1, 0.15) is 17.6 Å². The fourth-order valence-corrected chi connectivity index (χ4v) is 6.49. The van der Waals surface area contributed by atoms with Crippen LogP contribution in [0.2, 0.25) is 0 Å². The smallest absolute Gasteiger partial charge is 0.271 e. The maximum atomic E-state index is 13.8. The lowest BCUT2D eigenvalue weighted by Crippen LogP contribution is -2.40. The van der Waals surface area contributed by atoms with Gasteiger partial charge in [0.05, 0.1) is 15.8 Å². The Balaban J connectivity index is 1.42. The van der Waals surface area contributed by atoms with Crippen LogP contribution in [0.5, 0.6) is 0 Å². The predicted molar refractivity (Wildman–Crippen MR) is 155 cm³/mol. The van der Waals surface area contributed by atoms with Gasteiger partial charge in [-0.05, 0) is 54.8 Å². The van der Waals surface area contributed by atoms with Crippen molar-refractivity contribution in [2.24, 2.45) is 4.99 Å². The van der Waals surface area contributed by atoms with Gasteiger partial charge in [-0.1, -0.05) is 63.7 Å². The van der Waals surface area contributed by atoms with E-state index < -0.39 is 6.04 Å². The van der Waals surface area contributed by atoms with Crippen molar-refractivity contribution >= 4 is 56.3 Å². The first kappa shape index (κ1) is 24.5. The molecule has 1 N–H and O–H groups in total. The van der Waals surface area contributed by atoms with Crippen LogP contribution in [0.3, 0.4) is 0 Å². The summed E-state index contributed by atoms with van der Waals surface area (Å²) in [5.74, 6) is 0.998. The summed E-state index contributed by atoms with van der Waals surface area (Å²) in [4.78, 5) is 33.4. The Kier molecular flexibility index (Phi) is 6.57. The molecule has 0 radical (unpaired) electrons. The molecule has 0 bridgehead atoms. The zero-order chi connectivity index (χ0) is 26.2. The molecular weight excluding hydrogens is 582 g/mol. The number of nitrogens with one attached hydrogen (secondary N) is 1. The number of aromatic nitrogens is 1. The van der Waals surface area contributed by atoms with Crippen LogP contribution in [-0.2, 0) is 4.79 Å². The SMILES string of the molecule is CC1=C(C(=O)Nc2ccccc2)[C@@H](c2cccs2)n2c(s/c(=C/c3ccc(-c4ccc(Br)cc4)o3)c2=O)=N1. The van der Waals surface area contributed by atoms with Crippen molar-refractivity contribution < 1.29 is 9.21 Å². The highest BCUT2D eigenvalue weighted by Crippen LogP contribution is 2.33. The number of allylic oxidation sites excluding steroid dienone is 1. The number of amides is 1. The van der Waals surface area contributed by atoms with Gasteiger partial charge in [-0.15, -0.1) is 11.3 Å². The van der Waals surface area contributed by atoms with Gasteiger partial charge in [0.25, 0.3) is 11.5 Å². The lowest BCUT2D eigenvalue weighted by atomic mass is 10.0. The van der Waals surface area contributed by atoms with E-state index in [2.05, 4.69) is 26.2 Å². The molecule has 188 valence electrons. The quantitative estimate of drug-likeness (QED) is 0.270. The number of rotatable bonds is 5. The van der Waals surface area contributed by atoms with Crippen LogP contribution in [0.15, 0.2) is 114 Å². The van der Waals surface area contributed by atoms with Gasteiger partial charge in [0.2, 0.25) is 0 Å². The highest BCUT2D eigenvalue weighted by Gasteiger charge is 2.33. The molecule has 6 nitrogen and oxygen atoms in total. The Morgan fingerprint density at radius 3 is 2.58 bits per heavy atom. The van der Waals surface area contributed by atoms with Crippen molar-refractivity contribution in [2.75, 3.05) is 5.32 Å². The van der Waals surface area contributed by atoms with Crippen LogP contribution in [-0.4, -0.2) is 10.5 Å². The van der Waals surface area contributed by atoms with E-state index in [1.165, 1.54) is 22.7 Å². The molecule has 38 heavy (non-hydrogen) atoms. The maximum absolute atomic E-state index is 13.8. The Morgan fingerprint density at radius 2 is 1.84 bits per heavy atom. The zero-order valence-corrected chi connectivity index (χ0v) is 23.3. The fraction of sp³-hybridized carbons (Fsp3) is 0.0690. The molecule has 1 aliphatic heterocycles. The number of carbonyl (C=O) groups is 1. The molecule has 1 aliphatic rings. The summed E-state index contributed by atoms with van der Waals surface area (Å²) >= 11 is 6.24. The van der Waals surface area contributed by atoms with E-state index in [4.69, 9.17) is 4.42 Å². The summed E-state index contributed by atoms with van der Waals surface area (Å²) in [5.41, 5.74) is 2.44. The number of carbonyl (C=O) groups excluding carboxylic acids is 1. The van der Waals surface area contributed by atoms with Crippen molar-refractivity contribution in [1.29, 1.82) is 0 Å². The molecular formula is C29H20BrN3O3S2. The first-order valence-electron chi connectivity index (χ1n) is 11.8. The third-order valence-corrected chi connectivity index (χ3v) is 8.58. The van der Waals surface area contributed by atoms with Crippen molar-refractivity contribution in [1.82, 2.24) is 4.57 Å². The number of benzene rings is 2. The molecule has 9 heteroatoms. The molecule has 0 fully saturated rings. The largest absolute Gasteiger partial charge is 0.457 e. The topological polar surface area (TPSA) is 76.6 Å². The third-order valence-electron chi connectivity index (χ3n) is 6.14. The molecule has 0 unspecified atom stereocenters. The molecule has 0 saturated carbocycles. The van der Waals surface area contributed by atoms with Gasteiger partial charge in [-0.2, -0.15) is 0 Å². The summed E-state index contributed by atoms with van der Waals surface area (Å²) in [5, 5.41) is 4.91. The lowest BCUT2D eigenvalue weighted by molar-refractivity contribution is -0.113. The maximum Gasteiger partial charge on any atom is 0.271 e. The summed E-state index contributed by atoms with van der Waals surface area (Å²) in [6.07, 6.45) is 1.74. The Bertz CT molecular complexity index is 1850. The number of hydrogen-bond donors (Lipinski definition) is 1. The van der Waals surface area contributed by atoms with Crippen LogP contribution in [0.25, 0.3) is 17.4 Å². The van der Waals surface area contributed by atoms with Crippen molar-refractivity contribution in [3.63, 3.8) is 0 Å². The predicted octanol–water partition coefficient (Wildman–Crippen LogP) is 5.96. The summed E-state index contributed by atoms with van der Waals surface area (Å²) in [7, 11) is 0. The Hall–Kier alpha value is -3.79. The average Bonchev–Trinajstić information content (AvgIpc) is 3.66. The number of fused-ring (bicyclic) bond motifs is 1.